The van der Waals surface area contributed by atoms with E-state index in [4.69, 9.17) is 17.3 Å². The highest BCUT2D eigenvalue weighted by atomic mass is 79.9. The van der Waals surface area contributed by atoms with Crippen molar-refractivity contribution in [3.8, 4) is 0 Å². The maximum absolute atomic E-state index is 12.9. The first kappa shape index (κ1) is 22.0. The van der Waals surface area contributed by atoms with Gasteiger partial charge in [0.05, 0.1) is 10.9 Å². The average molecular weight is 517 g/mol. The highest BCUT2D eigenvalue weighted by molar-refractivity contribution is 9.10. The van der Waals surface area contributed by atoms with Gasteiger partial charge in [-0.05, 0) is 35.8 Å². The Morgan fingerprint density at radius 1 is 1.23 bits per heavy atom. The third-order valence-electron chi connectivity index (χ3n) is 5.41. The molecule has 0 aromatic heterocycles. The Bertz CT molecular complexity index is 1030. The van der Waals surface area contributed by atoms with Gasteiger partial charge in [0.1, 0.15) is 4.32 Å². The van der Waals surface area contributed by atoms with Gasteiger partial charge < -0.3 is 10.0 Å². The number of hydrogen-bond acceptors (Lipinski definition) is 5. The van der Waals surface area contributed by atoms with E-state index < -0.39 is 5.97 Å². The lowest BCUT2D eigenvalue weighted by Crippen LogP contribution is -2.30. The van der Waals surface area contributed by atoms with Crippen LogP contribution in [0, 0.1) is 5.92 Å². The largest absolute Gasteiger partial charge is 0.481 e. The molecular formula is C23H21BrN2O3S2. The summed E-state index contributed by atoms with van der Waals surface area (Å²) < 4.78 is 1.54. The molecule has 1 saturated heterocycles. The molecule has 1 N–H and O–H groups in total. The van der Waals surface area contributed by atoms with Crippen LogP contribution in [0.5, 0.6) is 0 Å². The van der Waals surface area contributed by atoms with Gasteiger partial charge in [-0.15, -0.1) is 0 Å². The van der Waals surface area contributed by atoms with Crippen molar-refractivity contribution >= 4 is 56.1 Å². The van der Waals surface area contributed by atoms with Gasteiger partial charge in [-0.1, -0.05) is 76.3 Å². The van der Waals surface area contributed by atoms with E-state index in [-0.39, 0.29) is 24.3 Å². The molecule has 0 bridgehead atoms. The van der Waals surface area contributed by atoms with E-state index in [1.807, 2.05) is 24.3 Å². The van der Waals surface area contributed by atoms with Crippen molar-refractivity contribution < 1.29 is 14.7 Å². The maximum atomic E-state index is 12.9. The van der Waals surface area contributed by atoms with Crippen LogP contribution in [0.15, 0.2) is 75.8 Å². The second-order valence-electron chi connectivity index (χ2n) is 7.54. The first-order valence-electron chi connectivity index (χ1n) is 9.96. The Morgan fingerprint density at radius 3 is 2.71 bits per heavy atom. The first-order valence-corrected chi connectivity index (χ1v) is 12.0. The Hall–Kier alpha value is -2.16. The highest BCUT2D eigenvalue weighted by Crippen LogP contribution is 2.38. The molecule has 2 unspecified atom stereocenters. The first-order chi connectivity index (χ1) is 14.9. The van der Waals surface area contributed by atoms with Crippen LogP contribution in [0.3, 0.4) is 0 Å². The van der Waals surface area contributed by atoms with Crippen molar-refractivity contribution in [2.24, 2.45) is 5.92 Å². The molecule has 1 amide bonds. The number of fused-ring (bicyclic) bond motifs is 1. The molecular weight excluding hydrogens is 496 g/mol. The lowest BCUT2D eigenvalue weighted by molar-refractivity contribution is -0.137. The zero-order valence-electron chi connectivity index (χ0n) is 16.6. The summed E-state index contributed by atoms with van der Waals surface area (Å²) in [6, 6.07) is 8.51. The van der Waals surface area contributed by atoms with Gasteiger partial charge in [-0.25, -0.2) is 0 Å². The molecule has 2 heterocycles. The fraction of sp³-hybridized carbons (Fsp3) is 0.261. The van der Waals surface area contributed by atoms with E-state index in [1.165, 1.54) is 22.2 Å². The van der Waals surface area contributed by atoms with Crippen LogP contribution in [0.25, 0.3) is 0 Å². The number of thioether (sulfide) groups is 1. The van der Waals surface area contributed by atoms with Crippen LogP contribution >= 0.6 is 39.9 Å². The van der Waals surface area contributed by atoms with Crippen LogP contribution in [-0.2, 0) is 16.1 Å². The molecule has 2 atom stereocenters. The number of allylic oxidation sites excluding steroid dienone is 3. The van der Waals surface area contributed by atoms with Crippen molar-refractivity contribution in [1.29, 1.82) is 0 Å². The number of nitrogens with zero attached hydrogens (tertiary/aromatic N) is 2. The van der Waals surface area contributed by atoms with Crippen molar-refractivity contribution in [1.82, 2.24) is 9.80 Å². The lowest BCUT2D eigenvalue weighted by Gasteiger charge is -2.28. The average Bonchev–Trinajstić information content (AvgIpc) is 3.22. The smallest absolute Gasteiger partial charge is 0.303 e. The van der Waals surface area contributed by atoms with Gasteiger partial charge in [0, 0.05) is 36.1 Å². The van der Waals surface area contributed by atoms with Crippen LogP contribution in [0.2, 0.25) is 0 Å². The van der Waals surface area contributed by atoms with E-state index in [2.05, 4.69) is 57.4 Å². The molecule has 0 radical (unpaired) electrons. The number of carboxylic acids is 1. The SMILES string of the molecule is O=C(O)CCCN1C(=O)/C(=C\C2=CN(Cc3ccc(Br)cc3)C3C=CC=CC23)SC1=S. The Labute approximate surface area is 199 Å². The van der Waals surface area contributed by atoms with Gasteiger partial charge in [0.25, 0.3) is 5.91 Å². The number of amides is 1. The predicted octanol–water partition coefficient (Wildman–Crippen LogP) is 4.87. The minimum atomic E-state index is -0.869. The molecule has 1 aromatic carbocycles. The molecule has 0 saturated carbocycles. The summed E-state index contributed by atoms with van der Waals surface area (Å²) >= 11 is 10.1. The van der Waals surface area contributed by atoms with Crippen LogP contribution in [0.1, 0.15) is 18.4 Å². The molecule has 2 aliphatic heterocycles. The molecule has 1 aliphatic carbocycles. The Kier molecular flexibility index (Phi) is 6.79. The fourth-order valence-corrected chi connectivity index (χ4v) is 5.47. The van der Waals surface area contributed by atoms with Crippen LogP contribution in [0.4, 0.5) is 0 Å². The molecule has 8 heteroatoms. The summed E-state index contributed by atoms with van der Waals surface area (Å²) in [7, 11) is 0. The standard InChI is InChI=1S/C23H21BrN2O3S2/c24-17-9-7-15(8-10-17)13-25-14-16(18-4-1-2-5-19(18)25)12-20-22(29)26(23(30)31-20)11-3-6-21(27)28/h1-2,4-5,7-10,12,14,18-19H,3,6,11,13H2,(H,27,28)/b20-12+. The number of halogens is 1. The van der Waals surface area contributed by atoms with Crippen molar-refractivity contribution in [2.75, 3.05) is 6.54 Å². The van der Waals surface area contributed by atoms with Gasteiger partial charge in [-0.2, -0.15) is 0 Å². The predicted molar refractivity (Wildman–Crippen MR) is 130 cm³/mol. The number of carboxylic acid groups (broad SMARTS) is 1. The minimum Gasteiger partial charge on any atom is -0.481 e. The topological polar surface area (TPSA) is 60.9 Å². The summed E-state index contributed by atoms with van der Waals surface area (Å²) in [6.07, 6.45) is 13.0. The summed E-state index contributed by atoms with van der Waals surface area (Å²) in [5, 5.41) is 8.84. The third-order valence-corrected chi connectivity index (χ3v) is 7.32. The number of carbonyl (C=O) groups is 2. The van der Waals surface area contributed by atoms with Crippen LogP contribution < -0.4 is 0 Å². The molecule has 5 nitrogen and oxygen atoms in total. The third kappa shape index (κ3) is 5.02. The zero-order valence-corrected chi connectivity index (χ0v) is 19.8. The normalized spacial score (nSPS) is 23.6. The van der Waals surface area contributed by atoms with E-state index in [0.29, 0.717) is 22.2 Å². The molecule has 160 valence electrons. The van der Waals surface area contributed by atoms with Gasteiger partial charge in [-0.3, -0.25) is 14.5 Å². The molecule has 3 aliphatic rings. The van der Waals surface area contributed by atoms with Gasteiger partial charge in [0.2, 0.25) is 0 Å². The van der Waals surface area contributed by atoms with E-state index in [0.717, 1.165) is 16.6 Å². The maximum Gasteiger partial charge on any atom is 0.303 e. The van der Waals surface area contributed by atoms with Gasteiger partial charge >= 0.3 is 5.97 Å². The number of aliphatic carboxylic acids is 1. The highest BCUT2D eigenvalue weighted by Gasteiger charge is 2.36. The fourth-order valence-electron chi connectivity index (χ4n) is 3.90. The van der Waals surface area contributed by atoms with Crippen molar-refractivity contribution in [3.05, 3.63) is 81.4 Å². The molecule has 1 aromatic rings. The quantitative estimate of drug-likeness (QED) is 0.412. The lowest BCUT2D eigenvalue weighted by atomic mass is 9.90. The number of benzene rings is 1. The summed E-state index contributed by atoms with van der Waals surface area (Å²) in [5.41, 5.74) is 2.29. The zero-order chi connectivity index (χ0) is 22.0. The van der Waals surface area contributed by atoms with E-state index in [1.54, 1.807) is 0 Å². The Balaban J connectivity index is 1.52. The molecule has 1 fully saturated rings. The summed E-state index contributed by atoms with van der Waals surface area (Å²) in [6.45, 7) is 1.11. The van der Waals surface area contributed by atoms with E-state index in [9.17, 15) is 9.59 Å². The summed E-state index contributed by atoms with van der Waals surface area (Å²) in [5.74, 6) is -0.832. The number of thiocarbonyl (C=S) groups is 1. The molecule has 31 heavy (non-hydrogen) atoms. The number of carbonyl (C=O) groups excluding carboxylic acids is 1. The monoisotopic (exact) mass is 516 g/mol. The number of rotatable bonds is 7. The van der Waals surface area contributed by atoms with Crippen molar-refractivity contribution in [3.63, 3.8) is 0 Å². The Morgan fingerprint density at radius 2 is 1.97 bits per heavy atom. The van der Waals surface area contributed by atoms with Crippen LogP contribution in [-0.4, -0.2) is 43.7 Å². The minimum absolute atomic E-state index is 0.0210. The van der Waals surface area contributed by atoms with E-state index >= 15 is 0 Å². The summed E-state index contributed by atoms with van der Waals surface area (Å²) in [4.78, 5) is 28.0. The molecule has 4 rings (SSSR count). The molecule has 0 spiro atoms. The van der Waals surface area contributed by atoms with Gasteiger partial charge in [0.15, 0.2) is 0 Å². The number of hydrogen-bond donors (Lipinski definition) is 1. The second-order valence-corrected chi connectivity index (χ2v) is 10.1. The second kappa shape index (κ2) is 9.54. The van der Waals surface area contributed by atoms with Crippen molar-refractivity contribution in [2.45, 2.75) is 25.4 Å².